The number of phenols is 2. The number of ether oxygens (including phenoxy) is 4. The van der Waals surface area contributed by atoms with Crippen molar-refractivity contribution in [3.63, 3.8) is 0 Å². The van der Waals surface area contributed by atoms with Gasteiger partial charge in [0, 0.05) is 12.1 Å². The second-order valence-electron chi connectivity index (χ2n) is 5.15. The van der Waals surface area contributed by atoms with Gasteiger partial charge in [-0.2, -0.15) is 0 Å². The van der Waals surface area contributed by atoms with Gasteiger partial charge in [0.25, 0.3) is 0 Å². The van der Waals surface area contributed by atoms with Crippen LogP contribution in [0.2, 0.25) is 0 Å². The Morgan fingerprint density at radius 1 is 0.615 bits per heavy atom. The standard InChI is InChI=1S/C18H20F2O6/c19-15-11-13(1-3-17(15)21)25-9-7-23-5-6-24-8-10-26-14-2-4-18(22)16(20)12-14/h1-4,11-12,21-22H,5-10H2. The molecule has 0 saturated carbocycles. The van der Waals surface area contributed by atoms with Crippen LogP contribution < -0.4 is 9.47 Å². The smallest absolute Gasteiger partial charge is 0.168 e. The van der Waals surface area contributed by atoms with Crippen LogP contribution in [0.3, 0.4) is 0 Å². The van der Waals surface area contributed by atoms with Crippen LogP contribution in [0, 0.1) is 11.6 Å². The van der Waals surface area contributed by atoms with E-state index in [0.717, 1.165) is 12.1 Å². The Bertz CT molecular complexity index is 636. The molecule has 0 aromatic heterocycles. The molecule has 0 bridgehead atoms. The molecule has 2 aromatic carbocycles. The molecule has 0 fully saturated rings. The zero-order chi connectivity index (χ0) is 18.8. The second-order valence-corrected chi connectivity index (χ2v) is 5.15. The van der Waals surface area contributed by atoms with Crippen molar-refractivity contribution in [2.75, 3.05) is 39.6 Å². The SMILES string of the molecule is Oc1ccc(OCCOCCOCCOc2ccc(O)c(F)c2)cc1F. The lowest BCUT2D eigenvalue weighted by Crippen LogP contribution is -2.13. The number of halogens is 2. The molecular formula is C18H20F2O6. The molecule has 0 atom stereocenters. The highest BCUT2D eigenvalue weighted by molar-refractivity contribution is 5.32. The van der Waals surface area contributed by atoms with Gasteiger partial charge in [-0.25, -0.2) is 8.78 Å². The molecule has 0 amide bonds. The molecule has 0 unspecified atom stereocenters. The molecule has 8 heteroatoms. The lowest BCUT2D eigenvalue weighted by Gasteiger charge is -2.09. The second kappa shape index (κ2) is 10.4. The topological polar surface area (TPSA) is 77.4 Å². The predicted molar refractivity (Wildman–Crippen MR) is 88.8 cm³/mol. The Hall–Kier alpha value is -2.58. The summed E-state index contributed by atoms with van der Waals surface area (Å²) in [6.45, 7) is 1.77. The quantitative estimate of drug-likeness (QED) is 0.593. The van der Waals surface area contributed by atoms with Crippen molar-refractivity contribution in [3.8, 4) is 23.0 Å². The van der Waals surface area contributed by atoms with Crippen molar-refractivity contribution >= 4 is 0 Å². The summed E-state index contributed by atoms with van der Waals surface area (Å²) in [5.74, 6) is -1.72. The maximum absolute atomic E-state index is 13.1. The highest BCUT2D eigenvalue weighted by Gasteiger charge is 2.03. The van der Waals surface area contributed by atoms with Crippen LogP contribution in [0.4, 0.5) is 8.78 Å². The first-order valence-corrected chi connectivity index (χ1v) is 7.94. The van der Waals surface area contributed by atoms with Crippen molar-refractivity contribution in [1.82, 2.24) is 0 Å². The van der Waals surface area contributed by atoms with Crippen molar-refractivity contribution in [1.29, 1.82) is 0 Å². The number of hydrogen-bond acceptors (Lipinski definition) is 6. The van der Waals surface area contributed by atoms with Crippen LogP contribution in [0.1, 0.15) is 0 Å². The highest BCUT2D eigenvalue weighted by atomic mass is 19.1. The van der Waals surface area contributed by atoms with Gasteiger partial charge < -0.3 is 29.2 Å². The third-order valence-corrected chi connectivity index (χ3v) is 3.20. The molecular weight excluding hydrogens is 350 g/mol. The first-order chi connectivity index (χ1) is 12.6. The van der Waals surface area contributed by atoms with Gasteiger partial charge in [0.1, 0.15) is 24.7 Å². The molecule has 142 valence electrons. The molecule has 0 heterocycles. The summed E-state index contributed by atoms with van der Waals surface area (Å²) in [5, 5.41) is 18.1. The Labute approximate surface area is 149 Å². The van der Waals surface area contributed by atoms with Crippen LogP contribution in [-0.4, -0.2) is 49.9 Å². The summed E-state index contributed by atoms with van der Waals surface area (Å²) < 4.78 is 47.3. The van der Waals surface area contributed by atoms with Gasteiger partial charge in [-0.15, -0.1) is 0 Å². The first-order valence-electron chi connectivity index (χ1n) is 7.94. The van der Waals surface area contributed by atoms with Crippen LogP contribution in [-0.2, 0) is 9.47 Å². The fourth-order valence-corrected chi connectivity index (χ4v) is 1.91. The van der Waals surface area contributed by atoms with Gasteiger partial charge in [0.2, 0.25) is 0 Å². The summed E-state index contributed by atoms with van der Waals surface area (Å²) in [6, 6.07) is 7.54. The van der Waals surface area contributed by atoms with Gasteiger partial charge in [-0.3, -0.25) is 0 Å². The van der Waals surface area contributed by atoms with Gasteiger partial charge >= 0.3 is 0 Å². The van der Waals surface area contributed by atoms with Crippen molar-refractivity contribution in [2.45, 2.75) is 0 Å². The third kappa shape index (κ3) is 6.73. The van der Waals surface area contributed by atoms with E-state index in [2.05, 4.69) is 0 Å². The maximum Gasteiger partial charge on any atom is 0.168 e. The van der Waals surface area contributed by atoms with Crippen molar-refractivity contribution in [2.24, 2.45) is 0 Å². The van der Waals surface area contributed by atoms with Gasteiger partial charge in [0.15, 0.2) is 23.1 Å². The minimum Gasteiger partial charge on any atom is -0.505 e. The van der Waals surface area contributed by atoms with E-state index in [1.807, 2.05) is 0 Å². The summed E-state index contributed by atoms with van der Waals surface area (Å²) in [6.07, 6.45) is 0. The van der Waals surface area contributed by atoms with Crippen LogP contribution in [0.15, 0.2) is 36.4 Å². The third-order valence-electron chi connectivity index (χ3n) is 3.20. The van der Waals surface area contributed by atoms with Crippen molar-refractivity contribution < 1.29 is 37.9 Å². The number of aromatic hydroxyl groups is 2. The van der Waals surface area contributed by atoms with E-state index in [1.54, 1.807) is 0 Å². The molecule has 26 heavy (non-hydrogen) atoms. The van der Waals surface area contributed by atoms with Crippen LogP contribution in [0.25, 0.3) is 0 Å². The van der Waals surface area contributed by atoms with E-state index in [4.69, 9.17) is 29.2 Å². The molecule has 2 aromatic rings. The maximum atomic E-state index is 13.1. The van der Waals surface area contributed by atoms with Crippen LogP contribution >= 0.6 is 0 Å². The van der Waals surface area contributed by atoms with Gasteiger partial charge in [-0.1, -0.05) is 0 Å². The van der Waals surface area contributed by atoms with E-state index in [0.29, 0.717) is 37.9 Å². The average molecular weight is 370 g/mol. The van der Waals surface area contributed by atoms with E-state index < -0.39 is 23.1 Å². The van der Waals surface area contributed by atoms with E-state index >= 15 is 0 Å². The first kappa shape index (κ1) is 19.7. The molecule has 6 nitrogen and oxygen atoms in total. The zero-order valence-electron chi connectivity index (χ0n) is 14.0. The van der Waals surface area contributed by atoms with Crippen LogP contribution in [0.5, 0.6) is 23.0 Å². The molecule has 0 radical (unpaired) electrons. The Morgan fingerprint density at radius 2 is 1.00 bits per heavy atom. The van der Waals surface area contributed by atoms with Gasteiger partial charge in [0.05, 0.1) is 26.4 Å². The molecule has 0 aliphatic heterocycles. The monoisotopic (exact) mass is 370 g/mol. The molecule has 0 spiro atoms. The summed E-state index contributed by atoms with van der Waals surface area (Å²) in [7, 11) is 0. The lowest BCUT2D eigenvalue weighted by molar-refractivity contribution is 0.0273. The van der Waals surface area contributed by atoms with Gasteiger partial charge in [-0.05, 0) is 24.3 Å². The Morgan fingerprint density at radius 3 is 1.38 bits per heavy atom. The fourth-order valence-electron chi connectivity index (χ4n) is 1.91. The number of rotatable bonds is 11. The fraction of sp³-hybridized carbons (Fsp3) is 0.333. The molecule has 0 aliphatic carbocycles. The normalized spacial score (nSPS) is 10.7. The minimum absolute atomic E-state index is 0.236. The molecule has 0 aliphatic rings. The Balaban J connectivity index is 1.45. The highest BCUT2D eigenvalue weighted by Crippen LogP contribution is 2.21. The number of hydrogen-bond donors (Lipinski definition) is 2. The Kier molecular flexibility index (Phi) is 7.91. The molecule has 0 saturated heterocycles. The minimum atomic E-state index is -0.742. The summed E-state index contributed by atoms with van der Waals surface area (Å²) in [4.78, 5) is 0. The largest absolute Gasteiger partial charge is 0.505 e. The van der Waals surface area contributed by atoms with E-state index in [9.17, 15) is 8.78 Å². The summed E-state index contributed by atoms with van der Waals surface area (Å²) >= 11 is 0. The lowest BCUT2D eigenvalue weighted by atomic mass is 10.3. The average Bonchev–Trinajstić information content (AvgIpc) is 2.62. The number of phenolic OH excluding ortho intramolecular Hbond substituents is 2. The predicted octanol–water partition coefficient (Wildman–Crippen LogP) is 2.87. The van der Waals surface area contributed by atoms with E-state index in [-0.39, 0.29) is 13.2 Å². The van der Waals surface area contributed by atoms with Crippen molar-refractivity contribution in [3.05, 3.63) is 48.0 Å². The molecule has 2 N–H and O–H groups in total. The van der Waals surface area contributed by atoms with E-state index in [1.165, 1.54) is 24.3 Å². The molecule has 2 rings (SSSR count). The summed E-state index contributed by atoms with van der Waals surface area (Å²) in [5.41, 5.74) is 0. The zero-order valence-corrected chi connectivity index (χ0v) is 14.0. The number of benzene rings is 2.